The lowest BCUT2D eigenvalue weighted by Gasteiger charge is -2.08. The highest BCUT2D eigenvalue weighted by Crippen LogP contribution is 2.38. The summed E-state index contributed by atoms with van der Waals surface area (Å²) in [6.45, 7) is 2.21. The van der Waals surface area contributed by atoms with Crippen LogP contribution in [0, 0.1) is 6.92 Å². The largest absolute Gasteiger partial charge is 0.362 e. The standard InChI is InChI=1S/C13H14BrN5O/c1-7-4-11(20)18-10(17-7)6-16-13-9(14)5-15-12(19-13)8-2-3-8/h4-5,8H,2-3,6H2,1H3,(H,15,16,19)(H,17,18,20). The number of aromatic nitrogens is 4. The minimum Gasteiger partial charge on any atom is -0.362 e. The zero-order valence-electron chi connectivity index (χ0n) is 11.0. The van der Waals surface area contributed by atoms with Gasteiger partial charge in [-0.2, -0.15) is 0 Å². The summed E-state index contributed by atoms with van der Waals surface area (Å²) < 4.78 is 0.803. The van der Waals surface area contributed by atoms with E-state index < -0.39 is 0 Å². The third-order valence-corrected chi connectivity index (χ3v) is 3.63. The van der Waals surface area contributed by atoms with E-state index in [1.807, 2.05) is 0 Å². The van der Waals surface area contributed by atoms with Crippen LogP contribution in [0.5, 0.6) is 0 Å². The minimum absolute atomic E-state index is 0.144. The van der Waals surface area contributed by atoms with Gasteiger partial charge >= 0.3 is 0 Å². The number of nitrogens with zero attached hydrogens (tertiary/aromatic N) is 3. The Bertz CT molecular complexity index is 695. The molecule has 0 saturated heterocycles. The number of halogens is 1. The quantitative estimate of drug-likeness (QED) is 0.894. The zero-order chi connectivity index (χ0) is 14.1. The highest BCUT2D eigenvalue weighted by Gasteiger charge is 2.27. The van der Waals surface area contributed by atoms with Gasteiger partial charge in [0.05, 0.1) is 11.0 Å². The molecule has 2 heterocycles. The Hall–Kier alpha value is -1.76. The minimum atomic E-state index is -0.144. The molecule has 1 aliphatic rings. The maximum Gasteiger partial charge on any atom is 0.251 e. The monoisotopic (exact) mass is 335 g/mol. The van der Waals surface area contributed by atoms with E-state index in [2.05, 4.69) is 41.2 Å². The summed E-state index contributed by atoms with van der Waals surface area (Å²) in [4.78, 5) is 27.2. The van der Waals surface area contributed by atoms with Crippen LogP contribution >= 0.6 is 15.9 Å². The summed E-state index contributed by atoms with van der Waals surface area (Å²) in [6, 6.07) is 1.47. The van der Waals surface area contributed by atoms with Crippen LogP contribution in [-0.4, -0.2) is 19.9 Å². The number of nitrogens with one attached hydrogen (secondary N) is 2. The van der Waals surface area contributed by atoms with Crippen LogP contribution in [0.25, 0.3) is 0 Å². The molecule has 2 aromatic rings. The number of rotatable bonds is 4. The molecule has 1 saturated carbocycles. The molecule has 0 spiro atoms. The van der Waals surface area contributed by atoms with Crippen LogP contribution in [0.4, 0.5) is 5.82 Å². The Balaban J connectivity index is 1.77. The van der Waals surface area contributed by atoms with Gasteiger partial charge in [0.25, 0.3) is 5.56 Å². The molecular weight excluding hydrogens is 322 g/mol. The lowest BCUT2D eigenvalue weighted by molar-refractivity contribution is 0.880. The molecule has 0 aliphatic heterocycles. The molecule has 0 atom stereocenters. The topological polar surface area (TPSA) is 83.6 Å². The van der Waals surface area contributed by atoms with Gasteiger partial charge in [-0.15, -0.1) is 0 Å². The molecule has 2 aromatic heterocycles. The lowest BCUT2D eigenvalue weighted by Crippen LogP contribution is -2.15. The summed E-state index contributed by atoms with van der Waals surface area (Å²) in [7, 11) is 0. The van der Waals surface area contributed by atoms with Crippen molar-refractivity contribution in [3.8, 4) is 0 Å². The van der Waals surface area contributed by atoms with Gasteiger partial charge in [0, 0.05) is 23.9 Å². The molecule has 1 aliphatic carbocycles. The number of hydrogen-bond donors (Lipinski definition) is 2. The summed E-state index contributed by atoms with van der Waals surface area (Å²) in [6.07, 6.45) is 4.08. The van der Waals surface area contributed by atoms with Crippen molar-refractivity contribution in [2.75, 3.05) is 5.32 Å². The number of H-pyrrole nitrogens is 1. The summed E-state index contributed by atoms with van der Waals surface area (Å²) >= 11 is 3.42. The van der Waals surface area contributed by atoms with Crippen molar-refractivity contribution in [3.63, 3.8) is 0 Å². The van der Waals surface area contributed by atoms with Crippen LogP contribution in [-0.2, 0) is 6.54 Å². The van der Waals surface area contributed by atoms with Gasteiger partial charge in [-0.1, -0.05) is 0 Å². The van der Waals surface area contributed by atoms with Crippen LogP contribution in [0.15, 0.2) is 21.5 Å². The molecule has 7 heteroatoms. The van der Waals surface area contributed by atoms with Gasteiger partial charge in [0.1, 0.15) is 17.5 Å². The van der Waals surface area contributed by atoms with Crippen molar-refractivity contribution in [1.82, 2.24) is 19.9 Å². The molecule has 0 amide bonds. The van der Waals surface area contributed by atoms with Crippen molar-refractivity contribution in [2.24, 2.45) is 0 Å². The molecule has 0 bridgehead atoms. The van der Waals surface area contributed by atoms with E-state index in [-0.39, 0.29) is 5.56 Å². The SMILES string of the molecule is Cc1cc(=O)[nH]c(CNc2nc(C3CC3)ncc2Br)n1. The highest BCUT2D eigenvalue weighted by molar-refractivity contribution is 9.10. The Kier molecular flexibility index (Phi) is 3.52. The van der Waals surface area contributed by atoms with E-state index in [1.165, 1.54) is 6.07 Å². The lowest BCUT2D eigenvalue weighted by atomic mass is 10.4. The van der Waals surface area contributed by atoms with Crippen LogP contribution in [0.2, 0.25) is 0 Å². The van der Waals surface area contributed by atoms with E-state index >= 15 is 0 Å². The summed E-state index contributed by atoms with van der Waals surface area (Å²) in [5, 5.41) is 3.18. The molecule has 20 heavy (non-hydrogen) atoms. The predicted molar refractivity (Wildman–Crippen MR) is 78.6 cm³/mol. The predicted octanol–water partition coefficient (Wildman–Crippen LogP) is 2.12. The smallest absolute Gasteiger partial charge is 0.251 e. The first-order valence-corrected chi connectivity index (χ1v) is 7.24. The molecular formula is C13H14BrN5O. The molecule has 2 N–H and O–H groups in total. The van der Waals surface area contributed by atoms with Gasteiger partial charge in [0.2, 0.25) is 0 Å². The normalized spacial score (nSPS) is 14.3. The number of hydrogen-bond acceptors (Lipinski definition) is 5. The highest BCUT2D eigenvalue weighted by atomic mass is 79.9. The fraction of sp³-hybridized carbons (Fsp3) is 0.385. The second kappa shape index (κ2) is 5.32. The Labute approximate surface area is 124 Å². The zero-order valence-corrected chi connectivity index (χ0v) is 12.6. The molecule has 0 unspecified atom stereocenters. The third-order valence-electron chi connectivity index (χ3n) is 3.05. The van der Waals surface area contributed by atoms with Crippen molar-refractivity contribution < 1.29 is 0 Å². The van der Waals surface area contributed by atoms with Gasteiger partial charge in [-0.25, -0.2) is 15.0 Å². The maximum absolute atomic E-state index is 11.4. The van der Waals surface area contributed by atoms with Gasteiger partial charge < -0.3 is 10.3 Å². The van der Waals surface area contributed by atoms with Crippen molar-refractivity contribution >= 4 is 21.7 Å². The van der Waals surface area contributed by atoms with Crippen LogP contribution in [0.1, 0.15) is 36.1 Å². The van der Waals surface area contributed by atoms with Crippen LogP contribution < -0.4 is 10.9 Å². The summed E-state index contributed by atoms with van der Waals surface area (Å²) in [5.74, 6) is 2.70. The third kappa shape index (κ3) is 3.04. The Morgan fingerprint density at radius 3 is 2.95 bits per heavy atom. The Morgan fingerprint density at radius 1 is 1.45 bits per heavy atom. The van der Waals surface area contributed by atoms with E-state index in [1.54, 1.807) is 13.1 Å². The first kappa shape index (κ1) is 13.2. The number of aryl methyl sites for hydroxylation is 1. The van der Waals surface area contributed by atoms with E-state index in [9.17, 15) is 4.79 Å². The van der Waals surface area contributed by atoms with Crippen molar-refractivity contribution in [2.45, 2.75) is 32.2 Å². The number of anilines is 1. The average molecular weight is 336 g/mol. The van der Waals surface area contributed by atoms with Crippen molar-refractivity contribution in [3.05, 3.63) is 44.4 Å². The van der Waals surface area contributed by atoms with E-state index in [0.717, 1.165) is 29.0 Å². The van der Waals surface area contributed by atoms with Gasteiger partial charge in [0.15, 0.2) is 0 Å². The molecule has 0 radical (unpaired) electrons. The second-order valence-electron chi connectivity index (χ2n) is 4.89. The fourth-order valence-corrected chi connectivity index (χ4v) is 2.27. The van der Waals surface area contributed by atoms with Gasteiger partial charge in [-0.05, 0) is 35.7 Å². The molecule has 0 aromatic carbocycles. The first-order valence-electron chi connectivity index (χ1n) is 6.45. The van der Waals surface area contributed by atoms with E-state index in [4.69, 9.17) is 0 Å². The molecule has 6 nitrogen and oxygen atoms in total. The number of aromatic amines is 1. The molecule has 104 valence electrons. The molecule has 3 rings (SSSR count). The fourth-order valence-electron chi connectivity index (χ4n) is 1.94. The Morgan fingerprint density at radius 2 is 2.25 bits per heavy atom. The van der Waals surface area contributed by atoms with Crippen LogP contribution in [0.3, 0.4) is 0 Å². The van der Waals surface area contributed by atoms with E-state index in [0.29, 0.717) is 24.0 Å². The van der Waals surface area contributed by atoms with Gasteiger partial charge in [-0.3, -0.25) is 4.79 Å². The summed E-state index contributed by atoms with van der Waals surface area (Å²) in [5.41, 5.74) is 0.556. The van der Waals surface area contributed by atoms with Crippen molar-refractivity contribution in [1.29, 1.82) is 0 Å². The second-order valence-corrected chi connectivity index (χ2v) is 5.74. The first-order chi connectivity index (χ1) is 9.61. The average Bonchev–Trinajstić information content (AvgIpc) is 3.21. The maximum atomic E-state index is 11.4. The molecule has 1 fully saturated rings.